The van der Waals surface area contributed by atoms with Crippen molar-refractivity contribution in [1.82, 2.24) is 4.90 Å². The van der Waals surface area contributed by atoms with Gasteiger partial charge in [-0.2, -0.15) is 4.21 Å². The molecule has 6 heteroatoms. The van der Waals surface area contributed by atoms with Gasteiger partial charge in [-0.15, -0.1) is 0 Å². The lowest BCUT2D eigenvalue weighted by Crippen LogP contribution is -2.33. The standard InChI is InChI=1S/C11H17NO3S2/c1-9(12(2)3)11(15-17(13,14)16)10-7-5-4-6-8-10/h4-9,11H,1-3H3,(H,13,14,16)/t9-,11+/m0/s1. The van der Waals surface area contributed by atoms with Crippen LogP contribution in [-0.2, 0) is 24.4 Å². The quantitative estimate of drug-likeness (QED) is 0.888. The van der Waals surface area contributed by atoms with Crippen molar-refractivity contribution < 1.29 is 12.9 Å². The lowest BCUT2D eigenvalue weighted by atomic mass is 10.0. The third-order valence-electron chi connectivity index (χ3n) is 2.61. The van der Waals surface area contributed by atoms with E-state index in [4.69, 9.17) is 4.18 Å². The summed E-state index contributed by atoms with van der Waals surface area (Å²) in [7, 11) is 0.120. The highest BCUT2D eigenvalue weighted by molar-refractivity contribution is 8.27. The molecule has 1 unspecified atom stereocenters. The zero-order chi connectivity index (χ0) is 13.1. The Bertz CT molecular complexity index is 445. The van der Waals surface area contributed by atoms with E-state index in [1.807, 2.05) is 56.3 Å². The molecule has 0 aliphatic heterocycles. The average molecular weight is 275 g/mol. The predicted molar refractivity (Wildman–Crippen MR) is 71.6 cm³/mol. The maximum Gasteiger partial charge on any atom is 0.267 e. The second-order valence-corrected chi connectivity index (χ2v) is 6.37. The van der Waals surface area contributed by atoms with E-state index in [0.29, 0.717) is 0 Å². The van der Waals surface area contributed by atoms with Gasteiger partial charge in [-0.25, -0.2) is 0 Å². The third-order valence-corrected chi connectivity index (χ3v) is 3.29. The molecule has 0 fully saturated rings. The highest BCUT2D eigenvalue weighted by Gasteiger charge is 2.25. The van der Waals surface area contributed by atoms with Crippen molar-refractivity contribution >= 4 is 20.2 Å². The van der Waals surface area contributed by atoms with Gasteiger partial charge in [0.05, 0.1) is 0 Å². The monoisotopic (exact) mass is 275 g/mol. The Balaban J connectivity index is 3.03. The molecule has 1 N–H and O–H groups in total. The second-order valence-electron chi connectivity index (χ2n) is 4.06. The van der Waals surface area contributed by atoms with Gasteiger partial charge in [0.2, 0.25) is 0 Å². The second kappa shape index (κ2) is 5.88. The largest absolute Gasteiger partial charge is 0.304 e. The van der Waals surface area contributed by atoms with E-state index in [2.05, 4.69) is 11.2 Å². The summed E-state index contributed by atoms with van der Waals surface area (Å²) in [5.41, 5.74) is 0.834. The first-order chi connectivity index (χ1) is 7.81. The van der Waals surface area contributed by atoms with E-state index < -0.39 is 15.2 Å². The summed E-state index contributed by atoms with van der Waals surface area (Å²) in [4.78, 5) is 1.91. The van der Waals surface area contributed by atoms with Gasteiger partial charge in [0, 0.05) is 17.2 Å². The van der Waals surface area contributed by atoms with E-state index in [1.54, 1.807) is 0 Å². The van der Waals surface area contributed by atoms with Gasteiger partial charge in [0.15, 0.2) is 0 Å². The fourth-order valence-corrected chi connectivity index (χ4v) is 2.25. The molecule has 0 radical (unpaired) electrons. The highest BCUT2D eigenvalue weighted by atomic mass is 32.9. The molecular weight excluding hydrogens is 258 g/mol. The maximum atomic E-state index is 11.2. The molecule has 96 valence electrons. The Morgan fingerprint density at radius 3 is 2.29 bits per heavy atom. The molecule has 4 nitrogen and oxygen atoms in total. The topological polar surface area (TPSA) is 49.8 Å². The van der Waals surface area contributed by atoms with E-state index in [1.165, 1.54) is 0 Å². The van der Waals surface area contributed by atoms with E-state index in [0.717, 1.165) is 5.56 Å². The van der Waals surface area contributed by atoms with Gasteiger partial charge in [-0.3, -0.25) is 8.74 Å². The Labute approximate surface area is 107 Å². The van der Waals surface area contributed by atoms with Crippen LogP contribution >= 0.6 is 0 Å². The molecule has 17 heavy (non-hydrogen) atoms. The number of likely N-dealkylation sites (N-methyl/N-ethyl adjacent to an activating group) is 1. The van der Waals surface area contributed by atoms with Crippen LogP contribution in [0.5, 0.6) is 0 Å². The molecule has 0 spiro atoms. The lowest BCUT2D eigenvalue weighted by Gasteiger charge is -2.28. The zero-order valence-electron chi connectivity index (χ0n) is 10.1. The molecule has 0 aromatic heterocycles. The van der Waals surface area contributed by atoms with Crippen LogP contribution in [0.4, 0.5) is 0 Å². The number of hydrogen-bond donors (Lipinski definition) is 1. The number of hydrogen-bond acceptors (Lipinski definition) is 4. The minimum absolute atomic E-state index is 0.0617. The van der Waals surface area contributed by atoms with Gasteiger partial charge in [0.1, 0.15) is 6.10 Å². The van der Waals surface area contributed by atoms with Gasteiger partial charge < -0.3 is 4.90 Å². The van der Waals surface area contributed by atoms with Crippen LogP contribution in [-0.4, -0.2) is 33.8 Å². The lowest BCUT2D eigenvalue weighted by molar-refractivity contribution is 0.110. The Morgan fingerprint density at radius 2 is 1.88 bits per heavy atom. The van der Waals surface area contributed by atoms with Crippen LogP contribution in [0, 0.1) is 0 Å². The Morgan fingerprint density at radius 1 is 1.35 bits per heavy atom. The summed E-state index contributed by atoms with van der Waals surface area (Å²) >= 11 is 4.41. The molecule has 0 amide bonds. The summed E-state index contributed by atoms with van der Waals surface area (Å²) in [5.74, 6) is 0. The Hall–Kier alpha value is -0.530. The number of benzene rings is 1. The van der Waals surface area contributed by atoms with Crippen LogP contribution in [0.1, 0.15) is 18.6 Å². The first-order valence-electron chi connectivity index (χ1n) is 5.18. The van der Waals surface area contributed by atoms with E-state index in [9.17, 15) is 8.76 Å². The molecule has 1 aromatic carbocycles. The fourth-order valence-electron chi connectivity index (χ4n) is 1.46. The normalized spacial score (nSPS) is 18.6. The predicted octanol–water partition coefficient (Wildman–Crippen LogP) is 1.83. The minimum Gasteiger partial charge on any atom is -0.304 e. The molecule has 1 aromatic rings. The van der Waals surface area contributed by atoms with Crippen LogP contribution in [0.2, 0.25) is 0 Å². The van der Waals surface area contributed by atoms with Gasteiger partial charge >= 0.3 is 0 Å². The summed E-state index contributed by atoms with van der Waals surface area (Å²) in [6, 6.07) is 9.24. The van der Waals surface area contributed by atoms with Crippen molar-refractivity contribution in [2.45, 2.75) is 19.1 Å². The summed E-state index contributed by atoms with van der Waals surface area (Å²) in [6.45, 7) is 1.91. The van der Waals surface area contributed by atoms with Crippen LogP contribution < -0.4 is 0 Å². The highest BCUT2D eigenvalue weighted by Crippen LogP contribution is 2.25. The number of rotatable bonds is 5. The van der Waals surface area contributed by atoms with Crippen LogP contribution in [0.25, 0.3) is 0 Å². The van der Waals surface area contributed by atoms with Crippen molar-refractivity contribution in [3.63, 3.8) is 0 Å². The molecule has 0 aliphatic carbocycles. The molecule has 0 heterocycles. The van der Waals surface area contributed by atoms with Crippen LogP contribution in [0.3, 0.4) is 0 Å². The van der Waals surface area contributed by atoms with Gasteiger partial charge in [-0.1, -0.05) is 30.3 Å². The smallest absolute Gasteiger partial charge is 0.267 e. The number of nitrogens with zero attached hydrogens (tertiary/aromatic N) is 1. The van der Waals surface area contributed by atoms with Gasteiger partial charge in [-0.05, 0) is 26.6 Å². The van der Waals surface area contributed by atoms with Gasteiger partial charge in [0.25, 0.3) is 9.05 Å². The third kappa shape index (κ3) is 4.69. The average Bonchev–Trinajstić information content (AvgIpc) is 2.25. The summed E-state index contributed by atoms with van der Waals surface area (Å²) in [5, 5.41) is 0. The van der Waals surface area contributed by atoms with Crippen molar-refractivity contribution in [2.24, 2.45) is 0 Å². The summed E-state index contributed by atoms with van der Waals surface area (Å²) in [6.07, 6.45) is -0.527. The molecule has 3 atom stereocenters. The Kier molecular flexibility index (Phi) is 5.03. The van der Waals surface area contributed by atoms with Crippen molar-refractivity contribution in [3.05, 3.63) is 35.9 Å². The van der Waals surface area contributed by atoms with Crippen LogP contribution in [0.15, 0.2) is 30.3 Å². The summed E-state index contributed by atoms with van der Waals surface area (Å²) < 4.78 is 25.5. The first kappa shape index (κ1) is 14.5. The molecule has 0 saturated heterocycles. The molecule has 0 saturated carbocycles. The SMILES string of the molecule is C[C@@H]([C@@H](OS(=O)(O)=S)c1ccccc1)N(C)C. The van der Waals surface area contributed by atoms with Crippen molar-refractivity contribution in [3.8, 4) is 0 Å². The zero-order valence-corrected chi connectivity index (χ0v) is 11.7. The van der Waals surface area contributed by atoms with Crippen molar-refractivity contribution in [1.29, 1.82) is 0 Å². The van der Waals surface area contributed by atoms with E-state index in [-0.39, 0.29) is 6.04 Å². The minimum atomic E-state index is -3.64. The first-order valence-corrected chi connectivity index (χ1v) is 7.55. The molecular formula is C11H17NO3S2. The molecule has 1 rings (SSSR count). The van der Waals surface area contributed by atoms with E-state index >= 15 is 0 Å². The maximum absolute atomic E-state index is 11.2. The van der Waals surface area contributed by atoms with Crippen molar-refractivity contribution in [2.75, 3.05) is 14.1 Å². The fraction of sp³-hybridized carbons (Fsp3) is 0.455. The molecule has 0 bridgehead atoms. The molecule has 0 aliphatic rings.